The summed E-state index contributed by atoms with van der Waals surface area (Å²) in [5.41, 5.74) is 1.27. The van der Waals surface area contributed by atoms with Gasteiger partial charge in [0.25, 0.3) is 0 Å². The van der Waals surface area contributed by atoms with Crippen molar-refractivity contribution in [2.75, 3.05) is 19.6 Å². The van der Waals surface area contributed by atoms with E-state index in [1.807, 2.05) is 18.2 Å². The molecule has 0 bridgehead atoms. The zero-order chi connectivity index (χ0) is 11.5. The third kappa shape index (κ3) is 4.42. The predicted molar refractivity (Wildman–Crippen MR) is 79.1 cm³/mol. The van der Waals surface area contributed by atoms with E-state index < -0.39 is 0 Å². The van der Waals surface area contributed by atoms with E-state index >= 15 is 0 Å². The molecule has 0 amide bonds. The van der Waals surface area contributed by atoms with Crippen molar-refractivity contribution in [3.05, 3.63) is 33.3 Å². The van der Waals surface area contributed by atoms with Crippen LogP contribution in [0.4, 0.5) is 0 Å². The summed E-state index contributed by atoms with van der Waals surface area (Å²) in [5, 5.41) is 4.25. The van der Waals surface area contributed by atoms with Gasteiger partial charge in [-0.25, -0.2) is 0 Å². The number of hydrogen-bond donors (Lipinski definition) is 1. The lowest BCUT2D eigenvalue weighted by atomic mass is 10.1. The number of rotatable bonds is 2. The summed E-state index contributed by atoms with van der Waals surface area (Å²) in [4.78, 5) is 2.46. The summed E-state index contributed by atoms with van der Waals surface area (Å²) in [6.07, 6.45) is 0. The Morgan fingerprint density at radius 1 is 1.53 bits per heavy atom. The van der Waals surface area contributed by atoms with Crippen molar-refractivity contribution < 1.29 is 0 Å². The smallest absolute Gasteiger partial charge is 0.0410 e. The highest BCUT2D eigenvalue weighted by Gasteiger charge is 2.16. The Hall–Kier alpha value is 0.200. The normalized spacial score (nSPS) is 21.0. The van der Waals surface area contributed by atoms with Gasteiger partial charge in [-0.15, -0.1) is 12.4 Å². The summed E-state index contributed by atoms with van der Waals surface area (Å²) < 4.78 is 1.14. The zero-order valence-corrected chi connectivity index (χ0v) is 12.9. The average Bonchev–Trinajstić information content (AvgIpc) is 2.24. The molecule has 0 spiro atoms. The van der Waals surface area contributed by atoms with E-state index in [1.54, 1.807) is 0 Å². The third-order valence-corrected chi connectivity index (χ3v) is 3.86. The Labute approximate surface area is 122 Å². The molecule has 0 aliphatic carbocycles. The second kappa shape index (κ2) is 6.95. The minimum atomic E-state index is 0. The van der Waals surface area contributed by atoms with Crippen LogP contribution in [0, 0.1) is 0 Å². The van der Waals surface area contributed by atoms with Gasteiger partial charge in [-0.1, -0.05) is 27.5 Å². The van der Waals surface area contributed by atoms with Crippen molar-refractivity contribution >= 4 is 39.9 Å². The van der Waals surface area contributed by atoms with Gasteiger partial charge in [0.1, 0.15) is 0 Å². The molecule has 5 heteroatoms. The van der Waals surface area contributed by atoms with Crippen molar-refractivity contribution in [1.29, 1.82) is 0 Å². The fourth-order valence-corrected chi connectivity index (χ4v) is 2.63. The first-order valence-electron chi connectivity index (χ1n) is 5.55. The molecule has 1 aliphatic rings. The van der Waals surface area contributed by atoms with Crippen LogP contribution in [0.3, 0.4) is 0 Å². The lowest BCUT2D eigenvalue weighted by Gasteiger charge is -2.32. The Balaban J connectivity index is 0.00000144. The summed E-state index contributed by atoms with van der Waals surface area (Å²) in [6.45, 7) is 6.45. The van der Waals surface area contributed by atoms with Crippen LogP contribution < -0.4 is 5.32 Å². The van der Waals surface area contributed by atoms with Crippen LogP contribution in [-0.2, 0) is 6.54 Å². The first-order valence-corrected chi connectivity index (χ1v) is 6.72. The van der Waals surface area contributed by atoms with Crippen LogP contribution in [0.25, 0.3) is 0 Å². The molecule has 2 rings (SSSR count). The zero-order valence-electron chi connectivity index (χ0n) is 9.75. The van der Waals surface area contributed by atoms with E-state index in [9.17, 15) is 0 Å². The van der Waals surface area contributed by atoms with Crippen molar-refractivity contribution in [3.63, 3.8) is 0 Å². The highest BCUT2D eigenvalue weighted by Crippen LogP contribution is 2.22. The monoisotopic (exact) mass is 338 g/mol. The molecule has 0 radical (unpaired) electrons. The largest absolute Gasteiger partial charge is 0.312 e. The summed E-state index contributed by atoms with van der Waals surface area (Å²) in [5.74, 6) is 0. The molecular weight excluding hydrogens is 323 g/mol. The van der Waals surface area contributed by atoms with E-state index in [1.165, 1.54) is 5.56 Å². The van der Waals surface area contributed by atoms with Gasteiger partial charge in [0.15, 0.2) is 0 Å². The van der Waals surface area contributed by atoms with Crippen LogP contribution >= 0.6 is 39.9 Å². The van der Waals surface area contributed by atoms with Gasteiger partial charge in [0.2, 0.25) is 0 Å². The highest BCUT2D eigenvalue weighted by molar-refractivity contribution is 9.10. The van der Waals surface area contributed by atoms with Gasteiger partial charge >= 0.3 is 0 Å². The molecule has 1 N–H and O–H groups in total. The standard InChI is InChI=1S/C12H16BrClN2.ClH/c1-9-7-16(5-4-15-9)8-10-6-11(14)2-3-12(10)13;/h2-3,6,9,15H,4-5,7-8H2,1H3;1H/t9-;/m0./s1. The molecule has 1 heterocycles. The quantitative estimate of drug-likeness (QED) is 0.889. The number of nitrogens with zero attached hydrogens (tertiary/aromatic N) is 1. The van der Waals surface area contributed by atoms with Crippen LogP contribution in [-0.4, -0.2) is 30.6 Å². The second-order valence-corrected chi connectivity index (χ2v) is 5.62. The Kier molecular flexibility index (Phi) is 6.24. The maximum atomic E-state index is 6.01. The van der Waals surface area contributed by atoms with E-state index in [4.69, 9.17) is 11.6 Å². The van der Waals surface area contributed by atoms with Crippen LogP contribution in [0.2, 0.25) is 5.02 Å². The summed E-state index contributed by atoms with van der Waals surface area (Å²) in [7, 11) is 0. The van der Waals surface area contributed by atoms with Crippen molar-refractivity contribution in [1.82, 2.24) is 10.2 Å². The molecule has 1 aliphatic heterocycles. The second-order valence-electron chi connectivity index (χ2n) is 4.33. The fraction of sp³-hybridized carbons (Fsp3) is 0.500. The maximum absolute atomic E-state index is 6.01. The Morgan fingerprint density at radius 2 is 2.29 bits per heavy atom. The van der Waals surface area contributed by atoms with Gasteiger partial charge in [0, 0.05) is 41.7 Å². The Bertz CT molecular complexity index is 374. The molecule has 17 heavy (non-hydrogen) atoms. The molecule has 0 aromatic heterocycles. The number of benzene rings is 1. The van der Waals surface area contributed by atoms with Gasteiger partial charge in [-0.3, -0.25) is 4.90 Å². The Morgan fingerprint density at radius 3 is 3.00 bits per heavy atom. The molecule has 1 aromatic carbocycles. The third-order valence-electron chi connectivity index (χ3n) is 2.85. The molecule has 0 unspecified atom stereocenters. The van der Waals surface area contributed by atoms with Crippen molar-refractivity contribution in [2.45, 2.75) is 19.5 Å². The first-order chi connectivity index (χ1) is 7.65. The molecular formula is C12H17BrCl2N2. The average molecular weight is 340 g/mol. The fourth-order valence-electron chi connectivity index (χ4n) is 2.06. The molecule has 1 saturated heterocycles. The lowest BCUT2D eigenvalue weighted by Crippen LogP contribution is -2.48. The van der Waals surface area contributed by atoms with E-state index in [0.29, 0.717) is 6.04 Å². The van der Waals surface area contributed by atoms with Gasteiger partial charge in [-0.2, -0.15) is 0 Å². The van der Waals surface area contributed by atoms with Gasteiger partial charge in [-0.05, 0) is 30.7 Å². The SMILES string of the molecule is C[C@H]1CN(Cc2cc(Cl)ccc2Br)CCN1.Cl. The minimum Gasteiger partial charge on any atom is -0.312 e. The molecule has 1 aromatic rings. The maximum Gasteiger partial charge on any atom is 0.0410 e. The first kappa shape index (κ1) is 15.3. The van der Waals surface area contributed by atoms with Crippen LogP contribution in [0.5, 0.6) is 0 Å². The summed E-state index contributed by atoms with van der Waals surface area (Å²) in [6, 6.07) is 6.55. The van der Waals surface area contributed by atoms with Crippen molar-refractivity contribution in [3.8, 4) is 0 Å². The predicted octanol–water partition coefficient (Wildman–Crippen LogP) is 3.32. The molecule has 1 fully saturated rings. The summed E-state index contributed by atoms with van der Waals surface area (Å²) >= 11 is 9.58. The minimum absolute atomic E-state index is 0. The number of piperazine rings is 1. The van der Waals surface area contributed by atoms with Gasteiger partial charge < -0.3 is 5.32 Å². The molecule has 1 atom stereocenters. The lowest BCUT2D eigenvalue weighted by molar-refractivity contribution is 0.199. The van der Waals surface area contributed by atoms with Crippen molar-refractivity contribution in [2.24, 2.45) is 0 Å². The molecule has 2 nitrogen and oxygen atoms in total. The number of hydrogen-bond acceptors (Lipinski definition) is 2. The number of halogens is 3. The van der Waals surface area contributed by atoms with E-state index in [-0.39, 0.29) is 12.4 Å². The van der Waals surface area contributed by atoms with Gasteiger partial charge in [0.05, 0.1) is 0 Å². The molecule has 96 valence electrons. The molecule has 0 saturated carbocycles. The van der Waals surface area contributed by atoms with Crippen LogP contribution in [0.15, 0.2) is 22.7 Å². The highest BCUT2D eigenvalue weighted by atomic mass is 79.9. The topological polar surface area (TPSA) is 15.3 Å². The van der Waals surface area contributed by atoms with Crippen LogP contribution in [0.1, 0.15) is 12.5 Å². The van der Waals surface area contributed by atoms with E-state index in [0.717, 1.165) is 35.7 Å². The van der Waals surface area contributed by atoms with E-state index in [2.05, 4.69) is 33.1 Å². The number of nitrogens with one attached hydrogen (secondary N) is 1.